The Morgan fingerprint density at radius 2 is 2.06 bits per heavy atom. The monoisotopic (exact) mass is 233 g/mol. The van der Waals surface area contributed by atoms with E-state index in [1.54, 1.807) is 0 Å². The van der Waals surface area contributed by atoms with E-state index in [-0.39, 0.29) is 23.7 Å². The maximum Gasteiger partial charge on any atom is 0.586 e. The molecule has 0 saturated carbocycles. The molecule has 6 heteroatoms. The van der Waals surface area contributed by atoms with E-state index < -0.39 is 12.8 Å². The van der Waals surface area contributed by atoms with Gasteiger partial charge in [-0.3, -0.25) is 0 Å². The van der Waals surface area contributed by atoms with Crippen molar-refractivity contribution in [3.8, 4) is 17.2 Å². The summed E-state index contributed by atoms with van der Waals surface area (Å²) < 4.78 is 53.8. The number of halogens is 2. The van der Waals surface area contributed by atoms with Crippen molar-refractivity contribution < 1.29 is 25.7 Å². The average Bonchev–Trinajstić information content (AvgIpc) is 2.47. The van der Waals surface area contributed by atoms with Crippen LogP contribution in [0.4, 0.5) is 8.78 Å². The zero-order valence-electron chi connectivity index (χ0n) is 10.4. The number of hydrogen-bond donors (Lipinski definition) is 1. The summed E-state index contributed by atoms with van der Waals surface area (Å²) in [5, 5.41) is 0. The van der Waals surface area contributed by atoms with Crippen LogP contribution in [-0.4, -0.2) is 19.9 Å². The first-order chi connectivity index (χ1) is 8.20. The number of hydrogen-bond acceptors (Lipinski definition) is 4. The van der Waals surface area contributed by atoms with Gasteiger partial charge in [0.1, 0.15) is 5.75 Å². The normalized spacial score (nSPS) is 19.0. The second-order valence-electron chi connectivity index (χ2n) is 3.16. The van der Waals surface area contributed by atoms with Crippen LogP contribution in [-0.2, 0) is 6.42 Å². The number of ether oxygens (including phenoxy) is 3. The number of rotatable bonds is 3. The van der Waals surface area contributed by atoms with Gasteiger partial charge in [0.25, 0.3) is 0 Å². The molecule has 16 heavy (non-hydrogen) atoms. The molecule has 0 saturated heterocycles. The Balaban J connectivity index is 2.38. The largest absolute Gasteiger partial charge is 0.586 e. The number of benzene rings is 1. The first-order valence-corrected chi connectivity index (χ1v) is 4.46. The third-order valence-electron chi connectivity index (χ3n) is 2.10. The summed E-state index contributed by atoms with van der Waals surface area (Å²) in [5.74, 6) is -0.109. The SMILES string of the molecule is [2H]C([2H])(N)Cc1cc2c(cc1OC)OC(F)(F)O2. The van der Waals surface area contributed by atoms with Crippen molar-refractivity contribution in [2.24, 2.45) is 5.73 Å². The van der Waals surface area contributed by atoms with E-state index >= 15 is 0 Å². The summed E-state index contributed by atoms with van der Waals surface area (Å²) in [6.45, 7) is -1.98. The van der Waals surface area contributed by atoms with Crippen molar-refractivity contribution in [1.82, 2.24) is 0 Å². The lowest BCUT2D eigenvalue weighted by molar-refractivity contribution is -0.286. The summed E-state index contributed by atoms with van der Waals surface area (Å²) in [6.07, 6.45) is -3.91. The fourth-order valence-corrected chi connectivity index (χ4v) is 1.46. The molecule has 1 aromatic rings. The van der Waals surface area contributed by atoms with Crippen molar-refractivity contribution in [2.45, 2.75) is 12.7 Å². The van der Waals surface area contributed by atoms with Gasteiger partial charge in [0.15, 0.2) is 11.5 Å². The van der Waals surface area contributed by atoms with Gasteiger partial charge in [-0.2, -0.15) is 0 Å². The molecule has 0 unspecified atom stereocenters. The Morgan fingerprint density at radius 3 is 2.62 bits per heavy atom. The van der Waals surface area contributed by atoms with Gasteiger partial charge in [0.2, 0.25) is 0 Å². The molecule has 88 valence electrons. The number of alkyl halides is 2. The Hall–Kier alpha value is -1.56. The highest BCUT2D eigenvalue weighted by Crippen LogP contribution is 2.44. The van der Waals surface area contributed by atoms with E-state index in [2.05, 4.69) is 9.47 Å². The number of fused-ring (bicyclic) bond motifs is 1. The third kappa shape index (κ3) is 1.88. The molecule has 0 spiro atoms. The lowest BCUT2D eigenvalue weighted by atomic mass is 10.1. The van der Waals surface area contributed by atoms with Gasteiger partial charge in [-0.15, -0.1) is 8.78 Å². The highest BCUT2D eigenvalue weighted by atomic mass is 19.3. The maximum absolute atomic E-state index is 12.9. The fraction of sp³-hybridized carbons (Fsp3) is 0.400. The summed E-state index contributed by atoms with van der Waals surface area (Å²) in [4.78, 5) is 0. The fourth-order valence-electron chi connectivity index (χ4n) is 1.46. The predicted octanol–water partition coefficient (Wildman–Crippen LogP) is 1.52. The molecular weight excluding hydrogens is 220 g/mol. The lowest BCUT2D eigenvalue weighted by Crippen LogP contribution is -2.25. The van der Waals surface area contributed by atoms with Gasteiger partial charge in [-0.05, 0) is 24.5 Å². The zero-order chi connectivity index (χ0) is 13.6. The Kier molecular flexibility index (Phi) is 2.03. The van der Waals surface area contributed by atoms with Crippen LogP contribution in [0.1, 0.15) is 8.30 Å². The molecule has 1 aliphatic heterocycles. The minimum Gasteiger partial charge on any atom is -0.496 e. The van der Waals surface area contributed by atoms with Crippen LogP contribution >= 0.6 is 0 Å². The molecule has 0 aliphatic carbocycles. The minimum absolute atomic E-state index is 0.154. The minimum atomic E-state index is -3.71. The van der Waals surface area contributed by atoms with E-state index in [1.807, 2.05) is 0 Å². The second-order valence-corrected chi connectivity index (χ2v) is 3.16. The highest BCUT2D eigenvalue weighted by Gasteiger charge is 2.43. The topological polar surface area (TPSA) is 53.7 Å². The Morgan fingerprint density at radius 1 is 1.44 bits per heavy atom. The summed E-state index contributed by atoms with van der Waals surface area (Å²) in [6, 6.07) is 2.46. The molecule has 0 radical (unpaired) electrons. The van der Waals surface area contributed by atoms with Crippen LogP contribution in [0.3, 0.4) is 0 Å². The predicted molar refractivity (Wildman–Crippen MR) is 52.0 cm³/mol. The van der Waals surface area contributed by atoms with Crippen LogP contribution in [0.25, 0.3) is 0 Å². The van der Waals surface area contributed by atoms with Gasteiger partial charge in [0, 0.05) is 8.81 Å². The molecule has 2 rings (SSSR count). The van der Waals surface area contributed by atoms with Gasteiger partial charge in [-0.25, -0.2) is 0 Å². The standard InChI is InChI=1S/C10H11F2NO3/c1-14-7-5-9-8(4-6(7)2-3-13)15-10(11,12)16-9/h4-5H,2-3,13H2,1H3/i3D2. The third-order valence-corrected chi connectivity index (χ3v) is 2.10. The van der Waals surface area contributed by atoms with E-state index in [4.69, 9.17) is 13.2 Å². The Bertz CT molecular complexity index is 477. The average molecular weight is 233 g/mol. The van der Waals surface area contributed by atoms with Crippen molar-refractivity contribution in [2.75, 3.05) is 13.6 Å². The van der Waals surface area contributed by atoms with Crippen molar-refractivity contribution in [3.05, 3.63) is 17.7 Å². The first kappa shape index (κ1) is 8.58. The van der Waals surface area contributed by atoms with E-state index in [1.165, 1.54) is 19.2 Å². The molecular formula is C10H11F2NO3. The quantitative estimate of drug-likeness (QED) is 0.859. The highest BCUT2D eigenvalue weighted by molar-refractivity contribution is 5.52. The van der Waals surface area contributed by atoms with Crippen LogP contribution in [0, 0.1) is 0 Å². The van der Waals surface area contributed by atoms with E-state index in [0.29, 0.717) is 5.56 Å². The molecule has 1 aromatic carbocycles. The maximum atomic E-state index is 12.9. The van der Waals surface area contributed by atoms with Gasteiger partial charge in [-0.1, -0.05) is 0 Å². The number of aryl methyl sites for hydroxylation is 1. The van der Waals surface area contributed by atoms with E-state index in [0.717, 1.165) is 0 Å². The molecule has 2 N–H and O–H groups in total. The lowest BCUT2D eigenvalue weighted by Gasteiger charge is -2.08. The van der Waals surface area contributed by atoms with Crippen LogP contribution < -0.4 is 19.9 Å². The molecule has 1 heterocycles. The molecule has 0 amide bonds. The summed E-state index contributed by atoms with van der Waals surface area (Å²) in [5.41, 5.74) is 5.57. The van der Waals surface area contributed by atoms with Gasteiger partial charge in [0.05, 0.1) is 7.11 Å². The number of methoxy groups -OCH3 is 1. The summed E-state index contributed by atoms with van der Waals surface area (Å²) >= 11 is 0. The molecule has 0 bridgehead atoms. The van der Waals surface area contributed by atoms with Gasteiger partial charge >= 0.3 is 6.29 Å². The molecule has 0 atom stereocenters. The smallest absolute Gasteiger partial charge is 0.496 e. The molecule has 4 nitrogen and oxygen atoms in total. The van der Waals surface area contributed by atoms with Crippen LogP contribution in [0.15, 0.2) is 12.1 Å². The van der Waals surface area contributed by atoms with Crippen LogP contribution in [0.2, 0.25) is 0 Å². The van der Waals surface area contributed by atoms with Crippen molar-refractivity contribution >= 4 is 0 Å². The van der Waals surface area contributed by atoms with E-state index in [9.17, 15) is 8.78 Å². The van der Waals surface area contributed by atoms with Crippen LogP contribution in [0.5, 0.6) is 17.2 Å². The van der Waals surface area contributed by atoms with Crippen molar-refractivity contribution in [1.29, 1.82) is 0 Å². The summed E-state index contributed by atoms with van der Waals surface area (Å²) in [7, 11) is 1.34. The zero-order valence-corrected chi connectivity index (χ0v) is 8.42. The molecule has 0 fully saturated rings. The molecule has 1 aliphatic rings. The second kappa shape index (κ2) is 3.79. The van der Waals surface area contributed by atoms with Gasteiger partial charge < -0.3 is 19.9 Å². The first-order valence-electron chi connectivity index (χ1n) is 5.46. The molecule has 0 aromatic heterocycles. The Labute approximate surface area is 93.7 Å². The number of nitrogens with two attached hydrogens (primary N) is 1. The van der Waals surface area contributed by atoms with Crippen molar-refractivity contribution in [3.63, 3.8) is 0 Å².